The number of benzene rings is 2. The molecule has 0 N–H and O–H groups in total. The van der Waals surface area contributed by atoms with Gasteiger partial charge in [-0.2, -0.15) is 0 Å². The van der Waals surface area contributed by atoms with Crippen LogP contribution in [0, 0.1) is 0 Å². The third-order valence-corrected chi connectivity index (χ3v) is 3.96. The van der Waals surface area contributed by atoms with E-state index in [-0.39, 0.29) is 18.2 Å². The fourth-order valence-electron chi connectivity index (χ4n) is 2.44. The highest BCUT2D eigenvalue weighted by molar-refractivity contribution is 6.31. The Morgan fingerprint density at radius 1 is 1.12 bits per heavy atom. The number of rotatable bonds is 5. The minimum atomic E-state index is -0.609. The molecule has 1 heterocycles. The van der Waals surface area contributed by atoms with Crippen molar-refractivity contribution < 1.29 is 23.5 Å². The Labute approximate surface area is 149 Å². The molecule has 6 heteroatoms. The summed E-state index contributed by atoms with van der Waals surface area (Å²) in [5.74, 6) is -0.0693. The minimum Gasteiger partial charge on any atom is -0.496 e. The molecular weight excluding hydrogens is 344 g/mol. The molecular formula is C19H15ClO5. The van der Waals surface area contributed by atoms with Gasteiger partial charge in [0.05, 0.1) is 7.11 Å². The topological polar surface area (TPSA) is 65.7 Å². The molecule has 0 radical (unpaired) electrons. The van der Waals surface area contributed by atoms with Gasteiger partial charge in [0.2, 0.25) is 5.76 Å². The standard InChI is InChI=1S/C19H15ClO5/c1-11(21)12-3-5-16(23-2)14(7-12)10-24-19(22)18-9-13-8-15(20)4-6-17(13)25-18/h3-9H,10H2,1-2H3. The SMILES string of the molecule is COc1ccc(C(C)=O)cc1COC(=O)c1cc2cc(Cl)ccc2o1. The summed E-state index contributed by atoms with van der Waals surface area (Å²) in [6.45, 7) is 1.43. The van der Waals surface area contributed by atoms with Crippen molar-refractivity contribution in [2.75, 3.05) is 7.11 Å². The zero-order valence-corrected chi connectivity index (χ0v) is 14.4. The Kier molecular flexibility index (Phi) is 4.76. The Morgan fingerprint density at radius 2 is 1.92 bits per heavy atom. The average molecular weight is 359 g/mol. The lowest BCUT2D eigenvalue weighted by molar-refractivity contribution is 0.0436. The normalized spacial score (nSPS) is 10.7. The lowest BCUT2D eigenvalue weighted by atomic mass is 10.1. The van der Waals surface area contributed by atoms with E-state index in [0.717, 1.165) is 5.39 Å². The van der Waals surface area contributed by atoms with Crippen LogP contribution in [-0.4, -0.2) is 18.9 Å². The molecule has 0 fully saturated rings. The third-order valence-electron chi connectivity index (χ3n) is 3.73. The average Bonchev–Trinajstić information content (AvgIpc) is 3.02. The van der Waals surface area contributed by atoms with Crippen LogP contribution in [0.15, 0.2) is 46.9 Å². The second kappa shape index (κ2) is 6.99. The first-order chi connectivity index (χ1) is 12.0. The number of fused-ring (bicyclic) bond motifs is 1. The number of esters is 1. The second-order valence-electron chi connectivity index (χ2n) is 5.45. The van der Waals surface area contributed by atoms with E-state index in [1.807, 2.05) is 0 Å². The van der Waals surface area contributed by atoms with Crippen molar-refractivity contribution >= 4 is 34.3 Å². The van der Waals surface area contributed by atoms with Crippen molar-refractivity contribution in [3.63, 3.8) is 0 Å². The molecule has 0 aliphatic heterocycles. The zero-order valence-electron chi connectivity index (χ0n) is 13.7. The fourth-order valence-corrected chi connectivity index (χ4v) is 2.62. The maximum Gasteiger partial charge on any atom is 0.374 e. The van der Waals surface area contributed by atoms with Gasteiger partial charge in [0.25, 0.3) is 0 Å². The molecule has 0 atom stereocenters. The number of hydrogen-bond donors (Lipinski definition) is 0. The van der Waals surface area contributed by atoms with Crippen LogP contribution in [-0.2, 0) is 11.3 Å². The predicted molar refractivity (Wildman–Crippen MR) is 93.3 cm³/mol. The number of ether oxygens (including phenoxy) is 2. The summed E-state index contributed by atoms with van der Waals surface area (Å²) in [5, 5.41) is 1.27. The summed E-state index contributed by atoms with van der Waals surface area (Å²) in [5.41, 5.74) is 1.67. The highest BCUT2D eigenvalue weighted by atomic mass is 35.5. The molecule has 128 valence electrons. The molecule has 0 aliphatic rings. The molecule has 0 saturated carbocycles. The molecule has 5 nitrogen and oxygen atoms in total. The number of halogens is 1. The largest absolute Gasteiger partial charge is 0.496 e. The van der Waals surface area contributed by atoms with Crippen LogP contribution >= 0.6 is 11.6 Å². The van der Waals surface area contributed by atoms with Crippen LogP contribution in [0.5, 0.6) is 5.75 Å². The van der Waals surface area contributed by atoms with Gasteiger partial charge in [-0.25, -0.2) is 4.79 Å². The predicted octanol–water partition coefficient (Wildman–Crippen LogP) is 4.65. The number of hydrogen-bond acceptors (Lipinski definition) is 5. The lowest BCUT2D eigenvalue weighted by Crippen LogP contribution is -2.06. The van der Waals surface area contributed by atoms with Crippen LogP contribution in [0.25, 0.3) is 11.0 Å². The molecule has 1 aromatic heterocycles. The summed E-state index contributed by atoms with van der Waals surface area (Å²) in [6, 6.07) is 11.6. The molecule has 0 aliphatic carbocycles. The lowest BCUT2D eigenvalue weighted by Gasteiger charge is -2.10. The molecule has 0 saturated heterocycles. The number of ketones is 1. The fraction of sp³-hybridized carbons (Fsp3) is 0.158. The summed E-state index contributed by atoms with van der Waals surface area (Å²) >= 11 is 5.92. The molecule has 0 unspecified atom stereocenters. The van der Waals surface area contributed by atoms with Gasteiger partial charge >= 0.3 is 5.97 Å². The Bertz CT molecular complexity index is 958. The minimum absolute atomic E-state index is 0.0407. The van der Waals surface area contributed by atoms with Gasteiger partial charge in [-0.15, -0.1) is 0 Å². The van der Waals surface area contributed by atoms with Gasteiger partial charge in [0.1, 0.15) is 17.9 Å². The van der Waals surface area contributed by atoms with Crippen molar-refractivity contribution in [2.45, 2.75) is 13.5 Å². The van der Waals surface area contributed by atoms with Gasteiger partial charge in [0.15, 0.2) is 5.78 Å². The van der Waals surface area contributed by atoms with Crippen LogP contribution < -0.4 is 4.74 Å². The van der Waals surface area contributed by atoms with E-state index in [1.54, 1.807) is 42.5 Å². The molecule has 0 spiro atoms. The number of Topliss-reactive ketones (excluding diaryl/α,β-unsaturated/α-hetero) is 1. The maximum atomic E-state index is 12.2. The van der Waals surface area contributed by atoms with Crippen molar-refractivity contribution in [2.24, 2.45) is 0 Å². The molecule has 0 bridgehead atoms. The Morgan fingerprint density at radius 3 is 2.64 bits per heavy atom. The van der Waals surface area contributed by atoms with Gasteiger partial charge in [-0.3, -0.25) is 4.79 Å². The van der Waals surface area contributed by atoms with E-state index in [0.29, 0.717) is 27.5 Å². The monoisotopic (exact) mass is 358 g/mol. The number of carbonyl (C=O) groups is 2. The quantitative estimate of drug-likeness (QED) is 0.490. The van der Waals surface area contributed by atoms with E-state index in [9.17, 15) is 9.59 Å². The smallest absolute Gasteiger partial charge is 0.374 e. The summed E-state index contributed by atoms with van der Waals surface area (Å²) in [4.78, 5) is 23.7. The van der Waals surface area contributed by atoms with Crippen molar-refractivity contribution in [1.29, 1.82) is 0 Å². The van der Waals surface area contributed by atoms with Crippen LogP contribution in [0.3, 0.4) is 0 Å². The zero-order chi connectivity index (χ0) is 18.0. The van der Waals surface area contributed by atoms with Crippen LogP contribution in [0.2, 0.25) is 5.02 Å². The number of carbonyl (C=O) groups excluding carboxylic acids is 2. The summed E-state index contributed by atoms with van der Waals surface area (Å²) in [6.07, 6.45) is 0. The molecule has 3 rings (SSSR count). The van der Waals surface area contributed by atoms with E-state index < -0.39 is 5.97 Å². The Balaban J connectivity index is 1.79. The van der Waals surface area contributed by atoms with Crippen molar-refractivity contribution in [3.8, 4) is 5.75 Å². The first-order valence-electron chi connectivity index (χ1n) is 7.52. The second-order valence-corrected chi connectivity index (χ2v) is 5.89. The third kappa shape index (κ3) is 3.67. The van der Waals surface area contributed by atoms with E-state index in [2.05, 4.69) is 0 Å². The van der Waals surface area contributed by atoms with Gasteiger partial charge in [-0.05, 0) is 49.4 Å². The van der Waals surface area contributed by atoms with E-state index in [1.165, 1.54) is 14.0 Å². The summed E-state index contributed by atoms with van der Waals surface area (Å²) in [7, 11) is 1.51. The van der Waals surface area contributed by atoms with Crippen LogP contribution in [0.1, 0.15) is 33.4 Å². The van der Waals surface area contributed by atoms with Crippen molar-refractivity contribution in [3.05, 3.63) is 64.4 Å². The molecule has 2 aromatic carbocycles. The van der Waals surface area contributed by atoms with Gasteiger partial charge < -0.3 is 13.9 Å². The first-order valence-corrected chi connectivity index (χ1v) is 7.90. The molecule has 25 heavy (non-hydrogen) atoms. The highest BCUT2D eigenvalue weighted by Gasteiger charge is 2.16. The molecule has 0 amide bonds. The molecule has 3 aromatic rings. The van der Waals surface area contributed by atoms with Crippen LogP contribution in [0.4, 0.5) is 0 Å². The number of methoxy groups -OCH3 is 1. The Hall–Kier alpha value is -2.79. The van der Waals surface area contributed by atoms with E-state index in [4.69, 9.17) is 25.5 Å². The van der Waals surface area contributed by atoms with Gasteiger partial charge in [-0.1, -0.05) is 11.6 Å². The summed E-state index contributed by atoms with van der Waals surface area (Å²) < 4.78 is 16.0. The maximum absolute atomic E-state index is 12.2. The van der Waals surface area contributed by atoms with E-state index >= 15 is 0 Å². The highest BCUT2D eigenvalue weighted by Crippen LogP contribution is 2.25. The number of furan rings is 1. The van der Waals surface area contributed by atoms with Gasteiger partial charge in [0, 0.05) is 21.5 Å². The van der Waals surface area contributed by atoms with Crippen molar-refractivity contribution in [1.82, 2.24) is 0 Å². The first kappa shape index (κ1) is 17.0.